The van der Waals surface area contributed by atoms with Crippen molar-refractivity contribution in [1.82, 2.24) is 23.6 Å². The van der Waals surface area contributed by atoms with Crippen molar-refractivity contribution in [2.75, 3.05) is 13.1 Å². The van der Waals surface area contributed by atoms with Gasteiger partial charge in [-0.05, 0) is 67.6 Å². The molecule has 2 aromatic heterocycles. The van der Waals surface area contributed by atoms with Gasteiger partial charge in [0, 0.05) is 25.8 Å². The van der Waals surface area contributed by atoms with Crippen LogP contribution in [0.15, 0.2) is 53.6 Å². The lowest BCUT2D eigenvalue weighted by atomic mass is 9.70. The Bertz CT molecular complexity index is 1120. The zero-order valence-corrected chi connectivity index (χ0v) is 17.5. The summed E-state index contributed by atoms with van der Waals surface area (Å²) in [6, 6.07) is 6.31. The van der Waals surface area contributed by atoms with E-state index >= 15 is 0 Å². The number of benzene rings is 1. The first-order valence-electron chi connectivity index (χ1n) is 10.0. The van der Waals surface area contributed by atoms with Gasteiger partial charge < -0.3 is 9.36 Å². The number of aromatic nitrogens is 4. The molecule has 1 aliphatic heterocycles. The molecule has 154 valence electrons. The number of fused-ring (bicyclic) bond motifs is 2. The van der Waals surface area contributed by atoms with Crippen LogP contribution in [0, 0.1) is 11.2 Å². The third kappa shape index (κ3) is 3.30. The fraction of sp³-hybridized carbons (Fsp3) is 0.318. The molecule has 3 heterocycles. The van der Waals surface area contributed by atoms with E-state index in [-0.39, 0.29) is 5.82 Å². The Labute approximate surface area is 178 Å². The first-order valence-corrected chi connectivity index (χ1v) is 10.8. The maximum atomic E-state index is 13.3. The highest BCUT2D eigenvalue weighted by Crippen LogP contribution is 2.44. The zero-order valence-electron chi connectivity index (χ0n) is 16.7. The lowest BCUT2D eigenvalue weighted by molar-refractivity contribution is -0.115. The van der Waals surface area contributed by atoms with Gasteiger partial charge in [-0.25, -0.2) is 18.4 Å². The van der Waals surface area contributed by atoms with Gasteiger partial charge in [0.25, 0.3) is 0 Å². The largest absolute Gasteiger partial charge is 0.337 e. The van der Waals surface area contributed by atoms with E-state index in [1.54, 1.807) is 24.1 Å². The average Bonchev–Trinajstić information content (AvgIpc) is 3.39. The van der Waals surface area contributed by atoms with Gasteiger partial charge in [-0.15, -0.1) is 0 Å². The molecule has 5 rings (SSSR count). The molecule has 3 aromatic rings. The number of nitrogens with zero attached hydrogens (tertiary/aromatic N) is 5. The molecule has 1 aliphatic carbocycles. The molecule has 0 radical (unpaired) electrons. The van der Waals surface area contributed by atoms with Crippen molar-refractivity contribution in [2.45, 2.75) is 31.3 Å². The fourth-order valence-corrected chi connectivity index (χ4v) is 5.29. The Morgan fingerprint density at radius 1 is 1.30 bits per heavy atom. The first-order chi connectivity index (χ1) is 14.6. The Hall–Kier alpha value is -2.71. The molecule has 1 saturated heterocycles. The summed E-state index contributed by atoms with van der Waals surface area (Å²) in [7, 11) is 0. The van der Waals surface area contributed by atoms with Gasteiger partial charge in [0.1, 0.15) is 17.1 Å². The van der Waals surface area contributed by atoms with Crippen molar-refractivity contribution in [3.63, 3.8) is 0 Å². The summed E-state index contributed by atoms with van der Waals surface area (Å²) in [5.74, 6) is -0.272. The van der Waals surface area contributed by atoms with Crippen LogP contribution in [0.5, 0.6) is 0 Å². The maximum Gasteiger partial charge on any atom is 0.131 e. The highest BCUT2D eigenvalue weighted by Gasteiger charge is 2.43. The number of aldehydes is 1. The molecule has 0 spiro atoms. The quantitative estimate of drug-likeness (QED) is 0.462. The summed E-state index contributed by atoms with van der Waals surface area (Å²) < 4.78 is 19.4. The smallest absolute Gasteiger partial charge is 0.131 e. The Kier molecular flexibility index (Phi) is 4.83. The van der Waals surface area contributed by atoms with Gasteiger partial charge in [-0.3, -0.25) is 0 Å². The first kappa shape index (κ1) is 19.3. The van der Waals surface area contributed by atoms with Gasteiger partial charge in [0.2, 0.25) is 0 Å². The molecule has 0 N–H and O–H groups in total. The molecular formula is C22H22FN5OS. The predicted molar refractivity (Wildman–Crippen MR) is 114 cm³/mol. The second-order valence-electron chi connectivity index (χ2n) is 7.81. The summed E-state index contributed by atoms with van der Waals surface area (Å²) in [6.45, 7) is 4.47. The van der Waals surface area contributed by atoms with Crippen molar-refractivity contribution >= 4 is 24.3 Å². The molecule has 1 atom stereocenters. The second-order valence-corrected chi connectivity index (χ2v) is 8.93. The molecule has 1 unspecified atom stereocenters. The van der Waals surface area contributed by atoms with E-state index in [9.17, 15) is 9.18 Å². The molecule has 0 amide bonds. The Morgan fingerprint density at radius 2 is 2.13 bits per heavy atom. The minimum atomic E-state index is -0.539. The molecular weight excluding hydrogens is 401 g/mol. The SMILES string of the molecule is CCn1cnc(SN2CCC3=Cc4c(cnn4-c4ccc(F)cc4)CC3(C=O)C2)c1. The summed E-state index contributed by atoms with van der Waals surface area (Å²) in [4.78, 5) is 16.8. The predicted octanol–water partition coefficient (Wildman–Crippen LogP) is 3.77. The Morgan fingerprint density at radius 3 is 2.87 bits per heavy atom. The van der Waals surface area contributed by atoms with E-state index in [1.165, 1.54) is 12.1 Å². The van der Waals surface area contributed by atoms with Crippen molar-refractivity contribution in [3.05, 3.63) is 65.6 Å². The number of piperidine rings is 1. The van der Waals surface area contributed by atoms with Crippen LogP contribution >= 0.6 is 11.9 Å². The number of aryl methyl sites for hydroxylation is 1. The summed E-state index contributed by atoms with van der Waals surface area (Å²) in [6.07, 6.45) is 10.4. The summed E-state index contributed by atoms with van der Waals surface area (Å²) in [5.41, 5.74) is 3.44. The molecule has 30 heavy (non-hydrogen) atoms. The molecule has 0 saturated carbocycles. The van der Waals surface area contributed by atoms with Crippen molar-refractivity contribution in [1.29, 1.82) is 0 Å². The summed E-state index contributed by atoms with van der Waals surface area (Å²) in [5, 5.41) is 5.47. The molecule has 0 bridgehead atoms. The number of carbonyl (C=O) groups excluding carboxylic acids is 1. The number of hydrogen-bond donors (Lipinski definition) is 0. The van der Waals surface area contributed by atoms with E-state index in [1.807, 2.05) is 28.0 Å². The van der Waals surface area contributed by atoms with Gasteiger partial charge in [0.15, 0.2) is 0 Å². The monoisotopic (exact) mass is 423 g/mol. The van der Waals surface area contributed by atoms with Crippen LogP contribution in [0.4, 0.5) is 4.39 Å². The molecule has 1 aromatic carbocycles. The van der Waals surface area contributed by atoms with Crippen molar-refractivity contribution in [3.8, 4) is 5.69 Å². The van der Waals surface area contributed by atoms with E-state index in [2.05, 4.69) is 27.4 Å². The zero-order chi connectivity index (χ0) is 20.7. The topological polar surface area (TPSA) is 56.0 Å². The van der Waals surface area contributed by atoms with Crippen LogP contribution in [-0.2, 0) is 17.8 Å². The van der Waals surface area contributed by atoms with Crippen LogP contribution in [0.2, 0.25) is 0 Å². The number of imidazole rings is 1. The van der Waals surface area contributed by atoms with E-state index in [0.29, 0.717) is 13.0 Å². The second kappa shape index (κ2) is 7.52. The molecule has 2 aliphatic rings. The standard InChI is InChI=1S/C22H22FN5OS/c1-2-26-12-21(24-15-26)30-27-8-7-17-9-20-16(10-22(17,13-27)14-29)11-25-28(20)19-5-3-18(23)4-6-19/h3-6,9,11-12,14-15H,2,7-8,10,13H2,1H3. The lowest BCUT2D eigenvalue weighted by Crippen LogP contribution is -2.45. The van der Waals surface area contributed by atoms with E-state index in [0.717, 1.165) is 53.3 Å². The molecule has 6 nitrogen and oxygen atoms in total. The minimum Gasteiger partial charge on any atom is -0.337 e. The van der Waals surface area contributed by atoms with Crippen LogP contribution in [0.3, 0.4) is 0 Å². The third-order valence-corrected chi connectivity index (χ3v) is 6.89. The van der Waals surface area contributed by atoms with Gasteiger partial charge in [-0.2, -0.15) is 5.10 Å². The van der Waals surface area contributed by atoms with Crippen molar-refractivity contribution in [2.24, 2.45) is 5.41 Å². The van der Waals surface area contributed by atoms with Crippen LogP contribution in [0.1, 0.15) is 24.6 Å². The minimum absolute atomic E-state index is 0.272. The Balaban J connectivity index is 1.42. The third-order valence-electron chi connectivity index (χ3n) is 5.93. The maximum absolute atomic E-state index is 13.3. The van der Waals surface area contributed by atoms with Crippen LogP contribution < -0.4 is 0 Å². The van der Waals surface area contributed by atoms with E-state index < -0.39 is 5.41 Å². The number of carbonyl (C=O) groups is 1. The number of hydrogen-bond acceptors (Lipinski definition) is 5. The molecule has 1 fully saturated rings. The average molecular weight is 424 g/mol. The van der Waals surface area contributed by atoms with Gasteiger partial charge in [-0.1, -0.05) is 5.57 Å². The van der Waals surface area contributed by atoms with Gasteiger partial charge >= 0.3 is 0 Å². The van der Waals surface area contributed by atoms with Crippen LogP contribution in [-0.4, -0.2) is 43.0 Å². The molecule has 8 heteroatoms. The fourth-order valence-electron chi connectivity index (χ4n) is 4.27. The summed E-state index contributed by atoms with van der Waals surface area (Å²) >= 11 is 1.61. The van der Waals surface area contributed by atoms with Crippen molar-refractivity contribution < 1.29 is 9.18 Å². The normalized spacial score (nSPS) is 21.1. The van der Waals surface area contributed by atoms with Gasteiger partial charge in [0.05, 0.1) is 29.3 Å². The highest BCUT2D eigenvalue weighted by atomic mass is 32.2. The lowest BCUT2D eigenvalue weighted by Gasteiger charge is -2.42. The van der Waals surface area contributed by atoms with Crippen LogP contribution in [0.25, 0.3) is 11.8 Å². The highest BCUT2D eigenvalue weighted by molar-refractivity contribution is 7.97. The number of halogens is 1. The number of rotatable bonds is 5. The van der Waals surface area contributed by atoms with E-state index in [4.69, 9.17) is 0 Å².